The number of nitrogens with zero attached hydrogens (tertiary/aromatic N) is 3. The summed E-state index contributed by atoms with van der Waals surface area (Å²) < 4.78 is 27.0. The molecule has 1 aromatic heterocycles. The average molecular weight is 355 g/mol. The van der Waals surface area contributed by atoms with E-state index in [4.69, 9.17) is 4.74 Å². The molecule has 0 radical (unpaired) electrons. The summed E-state index contributed by atoms with van der Waals surface area (Å²) in [6.45, 7) is 0. The number of methoxy groups -OCH3 is 1. The van der Waals surface area contributed by atoms with Crippen LogP contribution in [0.1, 0.15) is 5.56 Å². The van der Waals surface area contributed by atoms with Gasteiger partial charge in [-0.3, -0.25) is 4.21 Å². The summed E-state index contributed by atoms with van der Waals surface area (Å²) in [5.74, 6) is 1.46. The molecule has 0 spiro atoms. The molecule has 0 aliphatic rings. The molecule has 2 aromatic carbocycles. The number of nitrogens with one attached hydrogen (secondary N) is 1. The minimum absolute atomic E-state index is 0.0425. The Kier molecular flexibility index (Phi) is 5.32. The quantitative estimate of drug-likeness (QED) is 0.678. The normalized spacial score (nSPS) is 11.8. The first kappa shape index (κ1) is 17.0. The Morgan fingerprint density at radius 1 is 1.16 bits per heavy atom. The number of para-hydroxylation sites is 1. The van der Waals surface area contributed by atoms with Gasteiger partial charge in [0.05, 0.1) is 12.7 Å². The van der Waals surface area contributed by atoms with Gasteiger partial charge in [0.25, 0.3) is 0 Å². The number of hydrogen-bond acceptors (Lipinski definition) is 7. The van der Waals surface area contributed by atoms with Crippen molar-refractivity contribution >= 4 is 22.7 Å². The van der Waals surface area contributed by atoms with E-state index in [0.717, 1.165) is 5.56 Å². The maximum Gasteiger partial charge on any atom is 0.230 e. The van der Waals surface area contributed by atoms with Crippen LogP contribution in [-0.2, 0) is 16.8 Å². The molecule has 3 rings (SSSR count). The Bertz CT molecular complexity index is 904. The van der Waals surface area contributed by atoms with Crippen LogP contribution < -0.4 is 10.1 Å². The standard InChI is InChI=1S/C17H16N4O3S/c1-24-15-8-3-2-7-14(15)16-18-11-19-17(21-16)20-13-6-4-5-12(9-13)10-25(22)23/h2-9,11H,10H2,1H3,(H,22,23)(H,18,19,20,21)/p-1. The van der Waals surface area contributed by atoms with Crippen molar-refractivity contribution in [2.75, 3.05) is 12.4 Å². The van der Waals surface area contributed by atoms with Crippen molar-refractivity contribution in [2.45, 2.75) is 5.75 Å². The summed E-state index contributed by atoms with van der Waals surface area (Å²) in [5, 5.41) is 3.06. The summed E-state index contributed by atoms with van der Waals surface area (Å²) in [4.78, 5) is 12.7. The van der Waals surface area contributed by atoms with Crippen LogP contribution in [0, 0.1) is 0 Å². The smallest absolute Gasteiger partial charge is 0.230 e. The molecule has 0 aliphatic carbocycles. The van der Waals surface area contributed by atoms with Crippen molar-refractivity contribution in [2.24, 2.45) is 0 Å². The minimum atomic E-state index is -2.14. The van der Waals surface area contributed by atoms with Gasteiger partial charge >= 0.3 is 0 Å². The van der Waals surface area contributed by atoms with Gasteiger partial charge in [-0.1, -0.05) is 35.3 Å². The topological polar surface area (TPSA) is 100 Å². The summed E-state index contributed by atoms with van der Waals surface area (Å²) >= 11 is -2.14. The Balaban J connectivity index is 1.86. The maximum atomic E-state index is 10.8. The van der Waals surface area contributed by atoms with Crippen molar-refractivity contribution < 1.29 is 13.5 Å². The van der Waals surface area contributed by atoms with Gasteiger partial charge in [0, 0.05) is 11.4 Å². The van der Waals surface area contributed by atoms with E-state index in [2.05, 4.69) is 20.3 Å². The zero-order valence-corrected chi connectivity index (χ0v) is 14.2. The van der Waals surface area contributed by atoms with Crippen LogP contribution in [0.5, 0.6) is 5.75 Å². The molecule has 25 heavy (non-hydrogen) atoms. The van der Waals surface area contributed by atoms with Gasteiger partial charge in [-0.25, -0.2) is 9.97 Å². The third-order valence-corrected chi connectivity index (χ3v) is 3.96. The first-order valence-corrected chi connectivity index (χ1v) is 8.64. The van der Waals surface area contributed by atoms with Gasteiger partial charge in [0.15, 0.2) is 5.82 Å². The average Bonchev–Trinajstić information content (AvgIpc) is 2.61. The van der Waals surface area contributed by atoms with E-state index in [0.29, 0.717) is 28.8 Å². The number of anilines is 2. The molecule has 0 saturated heterocycles. The van der Waals surface area contributed by atoms with E-state index >= 15 is 0 Å². The van der Waals surface area contributed by atoms with Gasteiger partial charge in [-0.2, -0.15) is 4.98 Å². The molecule has 1 atom stereocenters. The Morgan fingerprint density at radius 3 is 2.80 bits per heavy atom. The first-order valence-electron chi connectivity index (χ1n) is 7.40. The second kappa shape index (κ2) is 7.82. The van der Waals surface area contributed by atoms with Crippen molar-refractivity contribution in [1.29, 1.82) is 0 Å². The van der Waals surface area contributed by atoms with Crippen LogP contribution in [0.15, 0.2) is 54.9 Å². The molecule has 7 nitrogen and oxygen atoms in total. The monoisotopic (exact) mass is 355 g/mol. The predicted octanol–water partition coefficient (Wildman–Crippen LogP) is 2.67. The van der Waals surface area contributed by atoms with Gasteiger partial charge < -0.3 is 14.6 Å². The molecular formula is C17H15N4O3S-. The molecule has 0 amide bonds. The zero-order valence-electron chi connectivity index (χ0n) is 13.4. The lowest BCUT2D eigenvalue weighted by Gasteiger charge is -2.10. The Labute approximate surface area is 147 Å². The number of hydrogen-bond donors (Lipinski definition) is 1. The molecule has 0 bridgehead atoms. The van der Waals surface area contributed by atoms with Crippen molar-refractivity contribution in [3.05, 3.63) is 60.4 Å². The van der Waals surface area contributed by atoms with Gasteiger partial charge in [-0.05, 0) is 29.8 Å². The third-order valence-electron chi connectivity index (χ3n) is 3.39. The van der Waals surface area contributed by atoms with E-state index in [1.807, 2.05) is 30.3 Å². The summed E-state index contributed by atoms with van der Waals surface area (Å²) in [6, 6.07) is 14.5. The second-order valence-corrected chi connectivity index (χ2v) is 6.00. The highest BCUT2D eigenvalue weighted by Crippen LogP contribution is 2.27. The molecule has 3 aromatic rings. The number of ether oxygens (including phenoxy) is 1. The fraction of sp³-hybridized carbons (Fsp3) is 0.118. The lowest BCUT2D eigenvalue weighted by Crippen LogP contribution is -2.01. The largest absolute Gasteiger partial charge is 0.772 e. The molecule has 8 heteroatoms. The number of benzene rings is 2. The molecule has 128 valence electrons. The molecular weight excluding hydrogens is 340 g/mol. The Hall–Kier alpha value is -2.84. The summed E-state index contributed by atoms with van der Waals surface area (Å²) in [7, 11) is 1.59. The van der Waals surface area contributed by atoms with Crippen LogP contribution >= 0.6 is 0 Å². The van der Waals surface area contributed by atoms with Crippen LogP contribution in [0.4, 0.5) is 11.6 Å². The van der Waals surface area contributed by atoms with E-state index < -0.39 is 11.1 Å². The van der Waals surface area contributed by atoms with E-state index in [-0.39, 0.29) is 5.75 Å². The molecule has 0 fully saturated rings. The van der Waals surface area contributed by atoms with Crippen molar-refractivity contribution in [3.63, 3.8) is 0 Å². The van der Waals surface area contributed by atoms with Crippen LogP contribution in [0.25, 0.3) is 11.4 Å². The van der Waals surface area contributed by atoms with E-state index in [1.54, 1.807) is 25.3 Å². The second-order valence-electron chi connectivity index (χ2n) is 5.11. The molecule has 1 N–H and O–H groups in total. The Morgan fingerprint density at radius 2 is 2.00 bits per heavy atom. The van der Waals surface area contributed by atoms with Gasteiger partial charge in [0.1, 0.15) is 12.1 Å². The summed E-state index contributed by atoms with van der Waals surface area (Å²) in [5.41, 5.74) is 2.13. The highest BCUT2D eigenvalue weighted by Gasteiger charge is 2.09. The highest BCUT2D eigenvalue weighted by atomic mass is 32.2. The van der Waals surface area contributed by atoms with Crippen molar-refractivity contribution in [1.82, 2.24) is 15.0 Å². The molecule has 1 unspecified atom stereocenters. The zero-order chi connectivity index (χ0) is 17.6. The first-order chi connectivity index (χ1) is 12.2. The molecule has 0 saturated carbocycles. The van der Waals surface area contributed by atoms with Crippen LogP contribution in [-0.4, -0.2) is 30.8 Å². The lowest BCUT2D eigenvalue weighted by atomic mass is 10.2. The third kappa shape index (κ3) is 4.37. The maximum absolute atomic E-state index is 10.8. The SMILES string of the molecule is COc1ccccc1-c1ncnc(Nc2cccc(CS(=O)[O-])c2)n1. The van der Waals surface area contributed by atoms with Crippen LogP contribution in [0.3, 0.4) is 0 Å². The lowest BCUT2D eigenvalue weighted by molar-refractivity contribution is 0.416. The van der Waals surface area contributed by atoms with E-state index in [9.17, 15) is 8.76 Å². The fourth-order valence-corrected chi connectivity index (χ4v) is 2.77. The fourth-order valence-electron chi connectivity index (χ4n) is 2.32. The van der Waals surface area contributed by atoms with Gasteiger partial charge in [0.2, 0.25) is 5.95 Å². The molecule has 0 aliphatic heterocycles. The predicted molar refractivity (Wildman–Crippen MR) is 94.2 cm³/mol. The van der Waals surface area contributed by atoms with Crippen LogP contribution in [0.2, 0.25) is 0 Å². The van der Waals surface area contributed by atoms with Gasteiger partial charge in [-0.15, -0.1) is 0 Å². The van der Waals surface area contributed by atoms with E-state index in [1.165, 1.54) is 6.33 Å². The van der Waals surface area contributed by atoms with Crippen molar-refractivity contribution in [3.8, 4) is 17.1 Å². The number of rotatable bonds is 6. The summed E-state index contributed by atoms with van der Waals surface area (Å²) in [6.07, 6.45) is 1.41. The highest BCUT2D eigenvalue weighted by molar-refractivity contribution is 7.78. The number of aromatic nitrogens is 3. The minimum Gasteiger partial charge on any atom is -0.772 e. The molecule has 1 heterocycles.